The predicted molar refractivity (Wildman–Crippen MR) is 83.3 cm³/mol. The van der Waals surface area contributed by atoms with E-state index in [4.69, 9.17) is 5.73 Å². The standard InChI is InChI=1S/C14H24N2O2S2/c1-10-8-14(19-13(10)9-15)20(17,18)16-11(2)12-6-4-3-5-7-12/h8,11-12,16H,3-7,9,15H2,1-2H3. The number of hydrogen-bond donors (Lipinski definition) is 2. The highest BCUT2D eigenvalue weighted by Crippen LogP contribution is 2.29. The van der Waals surface area contributed by atoms with Gasteiger partial charge in [-0.05, 0) is 44.2 Å². The molecule has 1 aromatic rings. The second-order valence-electron chi connectivity index (χ2n) is 5.68. The molecule has 0 bridgehead atoms. The van der Waals surface area contributed by atoms with Crippen molar-refractivity contribution in [2.75, 3.05) is 0 Å². The highest BCUT2D eigenvalue weighted by Gasteiger charge is 2.26. The Hall–Kier alpha value is -0.430. The van der Waals surface area contributed by atoms with E-state index in [0.717, 1.165) is 23.3 Å². The Bertz CT molecular complexity index is 546. The number of nitrogens with one attached hydrogen (secondary N) is 1. The van der Waals surface area contributed by atoms with Gasteiger partial charge >= 0.3 is 0 Å². The lowest BCUT2D eigenvalue weighted by atomic mass is 9.85. The molecule has 3 N–H and O–H groups in total. The van der Waals surface area contributed by atoms with Gasteiger partial charge in [-0.2, -0.15) is 0 Å². The lowest BCUT2D eigenvalue weighted by molar-refractivity contribution is 0.303. The minimum absolute atomic E-state index is 0.00373. The van der Waals surface area contributed by atoms with Gasteiger partial charge in [-0.3, -0.25) is 0 Å². The number of sulfonamides is 1. The largest absolute Gasteiger partial charge is 0.326 e. The van der Waals surface area contributed by atoms with E-state index >= 15 is 0 Å². The van der Waals surface area contributed by atoms with E-state index in [9.17, 15) is 8.42 Å². The van der Waals surface area contributed by atoms with Crippen LogP contribution in [0.1, 0.15) is 49.5 Å². The molecule has 0 aliphatic heterocycles. The summed E-state index contributed by atoms with van der Waals surface area (Å²) in [5.41, 5.74) is 6.58. The van der Waals surface area contributed by atoms with E-state index in [-0.39, 0.29) is 6.04 Å². The SMILES string of the molecule is Cc1cc(S(=O)(=O)NC(C)C2CCCCC2)sc1CN. The first-order chi connectivity index (χ1) is 9.44. The van der Waals surface area contributed by atoms with Crippen LogP contribution in [0.25, 0.3) is 0 Å². The Balaban J connectivity index is 2.09. The van der Waals surface area contributed by atoms with E-state index < -0.39 is 10.0 Å². The zero-order valence-electron chi connectivity index (χ0n) is 12.2. The Kier molecular flexibility index (Phi) is 5.23. The molecule has 0 spiro atoms. The monoisotopic (exact) mass is 316 g/mol. The number of thiophene rings is 1. The van der Waals surface area contributed by atoms with Crippen LogP contribution in [0.15, 0.2) is 10.3 Å². The van der Waals surface area contributed by atoms with Crippen LogP contribution in [-0.4, -0.2) is 14.5 Å². The third kappa shape index (κ3) is 3.61. The quantitative estimate of drug-likeness (QED) is 0.877. The average Bonchev–Trinajstić information content (AvgIpc) is 2.81. The van der Waals surface area contributed by atoms with Crippen LogP contribution in [0.5, 0.6) is 0 Å². The minimum Gasteiger partial charge on any atom is -0.326 e. The van der Waals surface area contributed by atoms with Crippen molar-refractivity contribution in [2.24, 2.45) is 11.7 Å². The predicted octanol–water partition coefficient (Wildman–Crippen LogP) is 2.76. The summed E-state index contributed by atoms with van der Waals surface area (Å²) in [7, 11) is -3.41. The van der Waals surface area contributed by atoms with Gasteiger partial charge in [-0.15, -0.1) is 11.3 Å². The van der Waals surface area contributed by atoms with Gasteiger partial charge < -0.3 is 5.73 Å². The Morgan fingerprint density at radius 2 is 2.05 bits per heavy atom. The summed E-state index contributed by atoms with van der Waals surface area (Å²) >= 11 is 1.28. The van der Waals surface area contributed by atoms with E-state index in [1.165, 1.54) is 30.6 Å². The maximum atomic E-state index is 12.4. The summed E-state index contributed by atoms with van der Waals surface area (Å²) in [6, 6.07) is 1.73. The first kappa shape index (κ1) is 15.9. The molecule has 4 nitrogen and oxygen atoms in total. The van der Waals surface area contributed by atoms with E-state index in [1.807, 2.05) is 13.8 Å². The molecule has 1 heterocycles. The van der Waals surface area contributed by atoms with Crippen molar-refractivity contribution in [3.8, 4) is 0 Å². The molecule has 114 valence electrons. The van der Waals surface area contributed by atoms with Crippen LogP contribution >= 0.6 is 11.3 Å². The van der Waals surface area contributed by atoms with Crippen molar-refractivity contribution in [2.45, 2.75) is 62.7 Å². The summed E-state index contributed by atoms with van der Waals surface area (Å²) in [4.78, 5) is 0.940. The number of nitrogens with two attached hydrogens (primary N) is 1. The zero-order valence-corrected chi connectivity index (χ0v) is 13.8. The Morgan fingerprint density at radius 3 is 2.60 bits per heavy atom. The van der Waals surface area contributed by atoms with Gasteiger partial charge in [-0.1, -0.05) is 19.3 Å². The fourth-order valence-corrected chi connectivity index (χ4v) is 5.65. The third-order valence-electron chi connectivity index (χ3n) is 4.15. The molecular formula is C14H24N2O2S2. The smallest absolute Gasteiger partial charge is 0.250 e. The Morgan fingerprint density at radius 1 is 1.40 bits per heavy atom. The second kappa shape index (κ2) is 6.56. The van der Waals surface area contributed by atoms with Gasteiger partial charge in [0.2, 0.25) is 10.0 Å². The van der Waals surface area contributed by atoms with E-state index in [2.05, 4.69) is 4.72 Å². The molecule has 1 unspecified atom stereocenters. The number of hydrogen-bond acceptors (Lipinski definition) is 4. The number of aryl methyl sites for hydroxylation is 1. The first-order valence-electron chi connectivity index (χ1n) is 7.25. The van der Waals surface area contributed by atoms with Crippen molar-refractivity contribution in [3.63, 3.8) is 0 Å². The molecule has 6 heteroatoms. The molecule has 1 atom stereocenters. The molecule has 0 saturated heterocycles. The van der Waals surface area contributed by atoms with Gasteiger partial charge in [0, 0.05) is 17.5 Å². The molecule has 1 fully saturated rings. The highest BCUT2D eigenvalue weighted by molar-refractivity contribution is 7.91. The van der Waals surface area contributed by atoms with Gasteiger partial charge in [0.05, 0.1) is 0 Å². The van der Waals surface area contributed by atoms with E-state index in [1.54, 1.807) is 6.07 Å². The first-order valence-corrected chi connectivity index (χ1v) is 9.55. The van der Waals surface area contributed by atoms with Crippen molar-refractivity contribution in [1.29, 1.82) is 0 Å². The Labute approximate surface area is 125 Å². The zero-order chi connectivity index (χ0) is 14.8. The van der Waals surface area contributed by atoms with Crippen LogP contribution < -0.4 is 10.5 Å². The van der Waals surface area contributed by atoms with Crippen molar-refractivity contribution >= 4 is 21.4 Å². The van der Waals surface area contributed by atoms with Gasteiger partial charge in [0.25, 0.3) is 0 Å². The summed E-state index contributed by atoms with van der Waals surface area (Å²) in [5.74, 6) is 0.466. The maximum absolute atomic E-state index is 12.4. The minimum atomic E-state index is -3.41. The molecule has 2 rings (SSSR count). The van der Waals surface area contributed by atoms with Crippen LogP contribution in [0.2, 0.25) is 0 Å². The van der Waals surface area contributed by atoms with Crippen LogP contribution in [0.3, 0.4) is 0 Å². The average molecular weight is 316 g/mol. The highest BCUT2D eigenvalue weighted by atomic mass is 32.2. The molecule has 1 aliphatic carbocycles. The molecule has 1 aromatic heterocycles. The van der Waals surface area contributed by atoms with Crippen molar-refractivity contribution in [3.05, 3.63) is 16.5 Å². The summed E-state index contributed by atoms with van der Waals surface area (Å²) in [6.07, 6.45) is 5.96. The van der Waals surface area contributed by atoms with Gasteiger partial charge in [-0.25, -0.2) is 13.1 Å². The van der Waals surface area contributed by atoms with Crippen LogP contribution in [0, 0.1) is 12.8 Å². The summed E-state index contributed by atoms with van der Waals surface area (Å²) in [5, 5.41) is 0. The molecule has 0 radical (unpaired) electrons. The van der Waals surface area contributed by atoms with Crippen LogP contribution in [0.4, 0.5) is 0 Å². The van der Waals surface area contributed by atoms with Gasteiger partial charge in [0.1, 0.15) is 4.21 Å². The second-order valence-corrected chi connectivity index (χ2v) is 8.76. The molecule has 1 saturated carbocycles. The lowest BCUT2D eigenvalue weighted by Gasteiger charge is -2.27. The molecule has 1 aliphatic rings. The fourth-order valence-electron chi connectivity index (χ4n) is 2.86. The van der Waals surface area contributed by atoms with Crippen molar-refractivity contribution in [1.82, 2.24) is 4.72 Å². The van der Waals surface area contributed by atoms with Crippen LogP contribution in [-0.2, 0) is 16.6 Å². The molecular weight excluding hydrogens is 292 g/mol. The molecule has 0 amide bonds. The summed E-state index contributed by atoms with van der Waals surface area (Å²) < 4.78 is 28.1. The topological polar surface area (TPSA) is 72.2 Å². The number of rotatable bonds is 5. The molecule has 0 aromatic carbocycles. The summed E-state index contributed by atoms with van der Waals surface area (Å²) in [6.45, 7) is 4.28. The maximum Gasteiger partial charge on any atom is 0.250 e. The van der Waals surface area contributed by atoms with Crippen molar-refractivity contribution < 1.29 is 8.42 Å². The van der Waals surface area contributed by atoms with E-state index in [0.29, 0.717) is 16.7 Å². The third-order valence-corrected chi connectivity index (χ3v) is 7.44. The normalized spacial score (nSPS) is 19.1. The molecule has 20 heavy (non-hydrogen) atoms. The van der Waals surface area contributed by atoms with Gasteiger partial charge in [0.15, 0.2) is 0 Å². The fraction of sp³-hybridized carbons (Fsp3) is 0.714. The lowest BCUT2D eigenvalue weighted by Crippen LogP contribution is -2.38.